The number of nitrogens with zero attached hydrogens (tertiary/aromatic N) is 1. The lowest BCUT2D eigenvalue weighted by molar-refractivity contribution is 0.726. The molecule has 1 aliphatic rings. The highest BCUT2D eigenvalue weighted by Crippen LogP contribution is 2.17. The molecule has 0 saturated carbocycles. The molecule has 1 saturated heterocycles. The van der Waals surface area contributed by atoms with E-state index in [9.17, 15) is 0 Å². The van der Waals surface area contributed by atoms with Crippen LogP contribution in [0.2, 0.25) is 0 Å². The highest BCUT2D eigenvalue weighted by atomic mass is 15.1. The van der Waals surface area contributed by atoms with Gasteiger partial charge in [0, 0.05) is 25.5 Å². The van der Waals surface area contributed by atoms with Gasteiger partial charge in [-0.05, 0) is 18.9 Å². The Bertz CT molecular complexity index is 208. The van der Waals surface area contributed by atoms with Crippen molar-refractivity contribution in [1.82, 2.24) is 4.98 Å². The van der Waals surface area contributed by atoms with Gasteiger partial charge in [0.05, 0.1) is 5.69 Å². The van der Waals surface area contributed by atoms with E-state index in [4.69, 9.17) is 0 Å². The highest BCUT2D eigenvalue weighted by Gasteiger charge is 2.08. The van der Waals surface area contributed by atoms with Gasteiger partial charge in [0.2, 0.25) is 0 Å². The maximum Gasteiger partial charge on any atom is 0.0543 e. The minimum atomic E-state index is 1.23. The third-order valence-electron chi connectivity index (χ3n) is 2.55. The summed E-state index contributed by atoms with van der Waals surface area (Å²) in [6.45, 7) is 2.47. The number of anilines is 1. The molecule has 2 nitrogen and oxygen atoms in total. The quantitative estimate of drug-likeness (QED) is 0.675. The van der Waals surface area contributed by atoms with Gasteiger partial charge in [-0.1, -0.05) is 12.8 Å². The van der Waals surface area contributed by atoms with Crippen LogP contribution in [0, 0.1) is 0 Å². The Morgan fingerprint density at radius 1 is 1.08 bits per heavy atom. The van der Waals surface area contributed by atoms with Crippen molar-refractivity contribution in [2.45, 2.75) is 25.7 Å². The summed E-state index contributed by atoms with van der Waals surface area (Å²) in [6, 6.07) is 2.16. The molecule has 1 aromatic heterocycles. The zero-order valence-corrected chi connectivity index (χ0v) is 7.42. The van der Waals surface area contributed by atoms with Crippen molar-refractivity contribution in [2.75, 3.05) is 18.0 Å². The van der Waals surface area contributed by atoms with Crippen LogP contribution in [0.4, 0.5) is 5.69 Å². The zero-order valence-electron chi connectivity index (χ0n) is 7.42. The second-order valence-electron chi connectivity index (χ2n) is 3.47. The van der Waals surface area contributed by atoms with Gasteiger partial charge in [-0.15, -0.1) is 0 Å². The summed E-state index contributed by atoms with van der Waals surface area (Å²) in [7, 11) is 0. The van der Waals surface area contributed by atoms with E-state index >= 15 is 0 Å². The van der Waals surface area contributed by atoms with Gasteiger partial charge in [-0.25, -0.2) is 0 Å². The molecule has 1 aliphatic heterocycles. The lowest BCUT2D eigenvalue weighted by Gasteiger charge is -2.20. The predicted octanol–water partition coefficient (Wildman–Crippen LogP) is 2.40. The van der Waals surface area contributed by atoms with Gasteiger partial charge < -0.3 is 9.88 Å². The first kappa shape index (κ1) is 7.71. The first-order chi connectivity index (χ1) is 5.97. The highest BCUT2D eigenvalue weighted by molar-refractivity contribution is 5.44. The Kier molecular flexibility index (Phi) is 2.35. The summed E-state index contributed by atoms with van der Waals surface area (Å²) in [5, 5.41) is 0. The minimum Gasteiger partial charge on any atom is -0.370 e. The fourth-order valence-electron chi connectivity index (χ4n) is 1.84. The topological polar surface area (TPSA) is 19.0 Å². The Morgan fingerprint density at radius 3 is 2.42 bits per heavy atom. The number of hydrogen-bond donors (Lipinski definition) is 1. The van der Waals surface area contributed by atoms with E-state index in [-0.39, 0.29) is 0 Å². The van der Waals surface area contributed by atoms with Crippen LogP contribution < -0.4 is 4.90 Å². The second-order valence-corrected chi connectivity index (χ2v) is 3.47. The average molecular weight is 164 g/mol. The SMILES string of the molecule is c1cc(N2CCCCCC2)c[nH]1. The van der Waals surface area contributed by atoms with Gasteiger partial charge in [-0.2, -0.15) is 0 Å². The molecular weight excluding hydrogens is 148 g/mol. The van der Waals surface area contributed by atoms with E-state index < -0.39 is 0 Å². The van der Waals surface area contributed by atoms with E-state index in [1.54, 1.807) is 0 Å². The molecule has 1 fully saturated rings. The van der Waals surface area contributed by atoms with Crippen molar-refractivity contribution in [3.05, 3.63) is 18.5 Å². The largest absolute Gasteiger partial charge is 0.370 e. The number of hydrogen-bond acceptors (Lipinski definition) is 1. The predicted molar refractivity (Wildman–Crippen MR) is 51.5 cm³/mol. The van der Waals surface area contributed by atoms with Gasteiger partial charge in [0.1, 0.15) is 0 Å². The van der Waals surface area contributed by atoms with E-state index in [1.165, 1.54) is 44.5 Å². The molecule has 0 aromatic carbocycles. The Labute approximate surface area is 73.6 Å². The summed E-state index contributed by atoms with van der Waals surface area (Å²) < 4.78 is 0. The molecule has 0 bridgehead atoms. The lowest BCUT2D eigenvalue weighted by atomic mass is 10.2. The van der Waals surface area contributed by atoms with Crippen LogP contribution in [-0.4, -0.2) is 18.1 Å². The first-order valence-corrected chi connectivity index (χ1v) is 4.84. The number of nitrogens with one attached hydrogen (secondary N) is 1. The maximum atomic E-state index is 3.11. The summed E-state index contributed by atoms with van der Waals surface area (Å²) >= 11 is 0. The molecule has 2 heteroatoms. The Morgan fingerprint density at radius 2 is 1.83 bits per heavy atom. The van der Waals surface area contributed by atoms with Crippen molar-refractivity contribution in [3.63, 3.8) is 0 Å². The molecule has 0 amide bonds. The normalized spacial score (nSPS) is 19.2. The molecule has 0 spiro atoms. The van der Waals surface area contributed by atoms with Gasteiger partial charge >= 0.3 is 0 Å². The average Bonchev–Trinajstić information content (AvgIpc) is 2.48. The van der Waals surface area contributed by atoms with E-state index in [0.29, 0.717) is 0 Å². The first-order valence-electron chi connectivity index (χ1n) is 4.84. The molecule has 0 aliphatic carbocycles. The lowest BCUT2D eigenvalue weighted by Crippen LogP contribution is -2.23. The van der Waals surface area contributed by atoms with Gasteiger partial charge in [0.25, 0.3) is 0 Å². The number of aromatic nitrogens is 1. The van der Waals surface area contributed by atoms with Crippen LogP contribution in [-0.2, 0) is 0 Å². The summed E-state index contributed by atoms with van der Waals surface area (Å²) in [4.78, 5) is 5.58. The van der Waals surface area contributed by atoms with Crippen LogP contribution >= 0.6 is 0 Å². The monoisotopic (exact) mass is 164 g/mol. The summed E-state index contributed by atoms with van der Waals surface area (Å²) in [5.74, 6) is 0. The van der Waals surface area contributed by atoms with Crippen LogP contribution in [0.3, 0.4) is 0 Å². The fraction of sp³-hybridized carbons (Fsp3) is 0.600. The molecule has 1 aromatic rings. The molecule has 66 valence electrons. The standard InChI is InChI=1S/C10H16N2/c1-2-4-8-12(7-3-1)10-5-6-11-9-10/h5-6,9,11H,1-4,7-8H2. The third kappa shape index (κ3) is 1.63. The van der Waals surface area contributed by atoms with Crippen molar-refractivity contribution < 1.29 is 0 Å². The smallest absolute Gasteiger partial charge is 0.0543 e. The van der Waals surface area contributed by atoms with E-state index in [0.717, 1.165) is 0 Å². The van der Waals surface area contributed by atoms with E-state index in [2.05, 4.69) is 22.1 Å². The minimum absolute atomic E-state index is 1.23. The molecule has 12 heavy (non-hydrogen) atoms. The van der Waals surface area contributed by atoms with Crippen LogP contribution in [0.1, 0.15) is 25.7 Å². The van der Waals surface area contributed by atoms with Crippen LogP contribution in [0.5, 0.6) is 0 Å². The number of H-pyrrole nitrogens is 1. The van der Waals surface area contributed by atoms with Gasteiger partial charge in [-0.3, -0.25) is 0 Å². The van der Waals surface area contributed by atoms with E-state index in [1.807, 2.05) is 6.20 Å². The fourth-order valence-corrected chi connectivity index (χ4v) is 1.84. The number of rotatable bonds is 1. The molecule has 2 rings (SSSR count). The van der Waals surface area contributed by atoms with Crippen molar-refractivity contribution in [1.29, 1.82) is 0 Å². The Hall–Kier alpha value is -0.920. The Balaban J connectivity index is 2.02. The maximum absolute atomic E-state index is 3.11. The molecule has 0 unspecified atom stereocenters. The second kappa shape index (κ2) is 3.65. The summed E-state index contributed by atoms with van der Waals surface area (Å²) in [5.41, 5.74) is 1.36. The molecule has 0 atom stereocenters. The van der Waals surface area contributed by atoms with Crippen molar-refractivity contribution >= 4 is 5.69 Å². The molecule has 1 N–H and O–H groups in total. The summed E-state index contributed by atoms with van der Waals surface area (Å²) in [6.07, 6.45) is 9.60. The third-order valence-corrected chi connectivity index (χ3v) is 2.55. The van der Waals surface area contributed by atoms with Crippen molar-refractivity contribution in [2.24, 2.45) is 0 Å². The van der Waals surface area contributed by atoms with Crippen LogP contribution in [0.25, 0.3) is 0 Å². The van der Waals surface area contributed by atoms with Gasteiger partial charge in [0.15, 0.2) is 0 Å². The number of aromatic amines is 1. The molecule has 0 radical (unpaired) electrons. The molecule has 2 heterocycles. The van der Waals surface area contributed by atoms with Crippen molar-refractivity contribution in [3.8, 4) is 0 Å². The molecular formula is C10H16N2. The zero-order chi connectivity index (χ0) is 8.23. The van der Waals surface area contributed by atoms with Crippen LogP contribution in [0.15, 0.2) is 18.5 Å².